The molecule has 2 heterocycles. The number of methoxy groups -OCH3 is 1. The molecule has 2 aliphatic heterocycles. The molecule has 1 saturated heterocycles. The van der Waals surface area contributed by atoms with Gasteiger partial charge in [0.15, 0.2) is 11.5 Å². The molecule has 4 rings (SSSR count). The topological polar surface area (TPSA) is 68.3 Å². The summed E-state index contributed by atoms with van der Waals surface area (Å²) in [5, 5.41) is 0. The maximum Gasteiger partial charge on any atom is 0.337 e. The van der Waals surface area contributed by atoms with Crippen LogP contribution in [0.25, 0.3) is 0 Å². The predicted molar refractivity (Wildman–Crippen MR) is 102 cm³/mol. The minimum absolute atomic E-state index is 0.0142. The van der Waals surface area contributed by atoms with Crippen molar-refractivity contribution in [3.63, 3.8) is 0 Å². The second-order valence-electron chi connectivity index (χ2n) is 6.82. The van der Waals surface area contributed by atoms with E-state index in [9.17, 15) is 9.59 Å². The van der Waals surface area contributed by atoms with Gasteiger partial charge in [-0.05, 0) is 35.9 Å². The van der Waals surface area contributed by atoms with Crippen LogP contribution in [0.15, 0.2) is 42.5 Å². The van der Waals surface area contributed by atoms with Crippen molar-refractivity contribution in [3.8, 4) is 11.5 Å². The summed E-state index contributed by atoms with van der Waals surface area (Å²) < 4.78 is 15.4. The Labute approximate surface area is 163 Å². The molecular formula is C21H22N2O5. The van der Waals surface area contributed by atoms with Crippen LogP contribution in [0, 0.1) is 0 Å². The summed E-state index contributed by atoms with van der Waals surface area (Å²) in [5.74, 6) is 0.988. The molecule has 28 heavy (non-hydrogen) atoms. The lowest BCUT2D eigenvalue weighted by Gasteiger charge is -2.34. The maximum absolute atomic E-state index is 12.8. The van der Waals surface area contributed by atoms with Crippen LogP contribution in [0.4, 0.5) is 0 Å². The third-order valence-electron chi connectivity index (χ3n) is 5.06. The monoisotopic (exact) mass is 382 g/mol. The Bertz CT molecular complexity index is 873. The SMILES string of the molecule is COC(=O)c1ccc(CN2CCN(C(=O)c3ccc4c(c3)OCO4)CC2)cc1. The minimum atomic E-state index is -0.331. The minimum Gasteiger partial charge on any atom is -0.465 e. The zero-order chi connectivity index (χ0) is 19.5. The Hall–Kier alpha value is -3.06. The van der Waals surface area contributed by atoms with E-state index in [0.29, 0.717) is 35.7 Å². The average Bonchev–Trinajstić information content (AvgIpc) is 3.21. The van der Waals surface area contributed by atoms with Gasteiger partial charge in [-0.2, -0.15) is 0 Å². The van der Waals surface area contributed by atoms with E-state index < -0.39 is 0 Å². The van der Waals surface area contributed by atoms with Gasteiger partial charge in [-0.1, -0.05) is 12.1 Å². The van der Waals surface area contributed by atoms with E-state index in [4.69, 9.17) is 14.2 Å². The Kier molecular flexibility index (Phi) is 5.16. The van der Waals surface area contributed by atoms with Crippen LogP contribution in [0.5, 0.6) is 11.5 Å². The molecule has 1 fully saturated rings. The Morgan fingerprint density at radius 1 is 0.929 bits per heavy atom. The number of rotatable bonds is 4. The normalized spacial score (nSPS) is 16.1. The first kappa shape index (κ1) is 18.3. The number of carbonyl (C=O) groups excluding carboxylic acids is 2. The van der Waals surface area contributed by atoms with E-state index in [-0.39, 0.29) is 18.7 Å². The van der Waals surface area contributed by atoms with Gasteiger partial charge < -0.3 is 19.1 Å². The molecule has 0 saturated carbocycles. The summed E-state index contributed by atoms with van der Waals surface area (Å²) in [7, 11) is 1.38. The van der Waals surface area contributed by atoms with Crippen LogP contribution in [0.3, 0.4) is 0 Å². The molecule has 2 aromatic rings. The molecule has 0 bridgehead atoms. The largest absolute Gasteiger partial charge is 0.465 e. The molecule has 0 radical (unpaired) electrons. The molecule has 0 spiro atoms. The van der Waals surface area contributed by atoms with Crippen molar-refractivity contribution in [3.05, 3.63) is 59.2 Å². The molecule has 2 aromatic carbocycles. The summed E-state index contributed by atoms with van der Waals surface area (Å²) in [6.07, 6.45) is 0. The van der Waals surface area contributed by atoms with Crippen molar-refractivity contribution in [2.45, 2.75) is 6.54 Å². The van der Waals surface area contributed by atoms with Crippen molar-refractivity contribution in [2.75, 3.05) is 40.1 Å². The predicted octanol–water partition coefficient (Wildman–Crippen LogP) is 2.16. The highest BCUT2D eigenvalue weighted by atomic mass is 16.7. The second-order valence-corrected chi connectivity index (χ2v) is 6.82. The Balaban J connectivity index is 1.32. The zero-order valence-electron chi connectivity index (χ0n) is 15.7. The molecule has 0 aliphatic carbocycles. The fourth-order valence-corrected chi connectivity index (χ4v) is 3.44. The molecule has 2 aliphatic rings. The van der Waals surface area contributed by atoms with E-state index in [1.165, 1.54) is 7.11 Å². The molecule has 0 atom stereocenters. The molecule has 0 unspecified atom stereocenters. The highest BCUT2D eigenvalue weighted by Gasteiger charge is 2.24. The summed E-state index contributed by atoms with van der Waals surface area (Å²) in [4.78, 5) is 28.4. The lowest BCUT2D eigenvalue weighted by Crippen LogP contribution is -2.48. The number of fused-ring (bicyclic) bond motifs is 1. The van der Waals surface area contributed by atoms with Crippen LogP contribution >= 0.6 is 0 Å². The van der Waals surface area contributed by atoms with Crippen molar-refractivity contribution < 1.29 is 23.8 Å². The van der Waals surface area contributed by atoms with Gasteiger partial charge in [0.2, 0.25) is 6.79 Å². The standard InChI is InChI=1S/C21H22N2O5/c1-26-21(25)16-4-2-15(3-5-16)13-22-8-10-23(11-9-22)20(24)17-6-7-18-19(12-17)28-14-27-18/h2-7,12H,8-11,13-14H2,1H3. The molecule has 0 aromatic heterocycles. The number of ether oxygens (including phenoxy) is 3. The summed E-state index contributed by atoms with van der Waals surface area (Å²) in [6.45, 7) is 3.94. The first-order valence-corrected chi connectivity index (χ1v) is 9.22. The number of piperazine rings is 1. The molecule has 1 amide bonds. The molecule has 7 heteroatoms. The number of carbonyl (C=O) groups is 2. The van der Waals surface area contributed by atoms with Crippen molar-refractivity contribution in [1.29, 1.82) is 0 Å². The van der Waals surface area contributed by atoms with Crippen molar-refractivity contribution in [1.82, 2.24) is 9.80 Å². The maximum atomic E-state index is 12.8. The first-order valence-electron chi connectivity index (χ1n) is 9.22. The second kappa shape index (κ2) is 7.90. The van der Waals surface area contributed by atoms with Crippen LogP contribution in [-0.4, -0.2) is 61.8 Å². The lowest BCUT2D eigenvalue weighted by molar-refractivity contribution is 0.0599. The van der Waals surface area contributed by atoms with Crippen LogP contribution < -0.4 is 9.47 Å². The van der Waals surface area contributed by atoms with Crippen LogP contribution in [0.2, 0.25) is 0 Å². The van der Waals surface area contributed by atoms with Gasteiger partial charge in [0, 0.05) is 38.3 Å². The lowest BCUT2D eigenvalue weighted by atomic mass is 10.1. The number of amides is 1. The smallest absolute Gasteiger partial charge is 0.337 e. The average molecular weight is 382 g/mol. The van der Waals surface area contributed by atoms with Gasteiger partial charge in [0.05, 0.1) is 12.7 Å². The van der Waals surface area contributed by atoms with Crippen LogP contribution in [-0.2, 0) is 11.3 Å². The van der Waals surface area contributed by atoms with Crippen LogP contribution in [0.1, 0.15) is 26.3 Å². The summed E-state index contributed by atoms with van der Waals surface area (Å²) >= 11 is 0. The summed E-state index contributed by atoms with van der Waals surface area (Å²) in [6, 6.07) is 12.8. The molecule has 0 N–H and O–H groups in total. The van der Waals surface area contributed by atoms with Gasteiger partial charge in [0.25, 0.3) is 5.91 Å². The van der Waals surface area contributed by atoms with Gasteiger partial charge in [-0.25, -0.2) is 4.79 Å². The first-order chi connectivity index (χ1) is 13.6. The Morgan fingerprint density at radius 3 is 2.32 bits per heavy atom. The van der Waals surface area contributed by atoms with E-state index in [2.05, 4.69) is 4.90 Å². The van der Waals surface area contributed by atoms with Gasteiger partial charge in [-0.3, -0.25) is 9.69 Å². The van der Waals surface area contributed by atoms with Gasteiger partial charge in [0.1, 0.15) is 0 Å². The molecule has 146 valence electrons. The number of esters is 1. The van der Waals surface area contributed by atoms with Gasteiger partial charge in [-0.15, -0.1) is 0 Å². The van der Waals surface area contributed by atoms with E-state index in [1.807, 2.05) is 17.0 Å². The molecule has 7 nitrogen and oxygen atoms in total. The third-order valence-corrected chi connectivity index (χ3v) is 5.06. The van der Waals surface area contributed by atoms with E-state index in [0.717, 1.165) is 25.2 Å². The fourth-order valence-electron chi connectivity index (χ4n) is 3.44. The number of nitrogens with zero attached hydrogens (tertiary/aromatic N) is 2. The third kappa shape index (κ3) is 3.80. The highest BCUT2D eigenvalue weighted by Crippen LogP contribution is 2.32. The van der Waals surface area contributed by atoms with E-state index in [1.54, 1.807) is 30.3 Å². The molecular weight excluding hydrogens is 360 g/mol. The fraction of sp³-hybridized carbons (Fsp3) is 0.333. The zero-order valence-corrected chi connectivity index (χ0v) is 15.7. The Morgan fingerprint density at radius 2 is 1.61 bits per heavy atom. The number of benzene rings is 2. The quantitative estimate of drug-likeness (QED) is 0.755. The number of hydrogen-bond donors (Lipinski definition) is 0. The van der Waals surface area contributed by atoms with Gasteiger partial charge >= 0.3 is 5.97 Å². The van der Waals surface area contributed by atoms with Crippen molar-refractivity contribution >= 4 is 11.9 Å². The van der Waals surface area contributed by atoms with Crippen molar-refractivity contribution in [2.24, 2.45) is 0 Å². The summed E-state index contributed by atoms with van der Waals surface area (Å²) in [5.41, 5.74) is 2.30. The highest BCUT2D eigenvalue weighted by molar-refractivity contribution is 5.95. The van der Waals surface area contributed by atoms with E-state index >= 15 is 0 Å². The number of hydrogen-bond acceptors (Lipinski definition) is 6.